The monoisotopic (exact) mass is 233 g/mol. The first-order chi connectivity index (χ1) is 8.11. The number of hydrogen-bond donors (Lipinski definition) is 1. The maximum atomic E-state index is 11.8. The van der Waals surface area contributed by atoms with Gasteiger partial charge in [-0.2, -0.15) is 0 Å². The van der Waals surface area contributed by atoms with Gasteiger partial charge in [0.2, 0.25) is 11.8 Å². The molecule has 0 bridgehead atoms. The van der Waals surface area contributed by atoms with E-state index in [2.05, 4.69) is 4.98 Å². The SMILES string of the molecule is CC1CC(=O)N(c2ccc(CN)cn2)C(=O)C1. The van der Waals surface area contributed by atoms with Gasteiger partial charge in [0.05, 0.1) is 0 Å². The summed E-state index contributed by atoms with van der Waals surface area (Å²) >= 11 is 0. The third kappa shape index (κ3) is 2.34. The number of nitrogens with zero attached hydrogens (tertiary/aromatic N) is 2. The molecule has 0 spiro atoms. The van der Waals surface area contributed by atoms with E-state index in [1.54, 1.807) is 18.3 Å². The Kier molecular flexibility index (Phi) is 3.19. The molecule has 17 heavy (non-hydrogen) atoms. The van der Waals surface area contributed by atoms with Gasteiger partial charge in [0.15, 0.2) is 0 Å². The first kappa shape index (κ1) is 11.7. The zero-order valence-corrected chi connectivity index (χ0v) is 9.72. The average Bonchev–Trinajstić information content (AvgIpc) is 2.28. The van der Waals surface area contributed by atoms with Crippen molar-refractivity contribution < 1.29 is 9.59 Å². The molecular formula is C12H15N3O2. The van der Waals surface area contributed by atoms with E-state index in [0.717, 1.165) is 5.56 Å². The van der Waals surface area contributed by atoms with E-state index in [1.807, 2.05) is 6.92 Å². The van der Waals surface area contributed by atoms with Crippen molar-refractivity contribution in [2.45, 2.75) is 26.3 Å². The number of rotatable bonds is 2. The van der Waals surface area contributed by atoms with E-state index < -0.39 is 0 Å². The molecule has 0 saturated carbocycles. The molecule has 2 N–H and O–H groups in total. The predicted octanol–water partition coefficient (Wildman–Crippen LogP) is 0.830. The van der Waals surface area contributed by atoms with Crippen LogP contribution in [-0.2, 0) is 16.1 Å². The molecule has 1 aromatic rings. The summed E-state index contributed by atoms with van der Waals surface area (Å²) in [6.07, 6.45) is 2.38. The Labute approximate surface area is 99.6 Å². The second-order valence-corrected chi connectivity index (χ2v) is 4.37. The van der Waals surface area contributed by atoms with Gasteiger partial charge in [-0.25, -0.2) is 9.88 Å². The first-order valence-electron chi connectivity index (χ1n) is 5.62. The summed E-state index contributed by atoms with van der Waals surface area (Å²) in [6.45, 7) is 2.30. The molecule has 2 rings (SSSR count). The maximum Gasteiger partial charge on any atom is 0.235 e. The number of hydrogen-bond acceptors (Lipinski definition) is 4. The fourth-order valence-corrected chi connectivity index (χ4v) is 1.92. The maximum absolute atomic E-state index is 11.8. The highest BCUT2D eigenvalue weighted by Gasteiger charge is 2.32. The topological polar surface area (TPSA) is 76.3 Å². The predicted molar refractivity (Wildman–Crippen MR) is 63.0 cm³/mol. The molecule has 0 aliphatic carbocycles. The third-order valence-corrected chi connectivity index (χ3v) is 2.82. The number of piperidine rings is 1. The van der Waals surface area contributed by atoms with E-state index in [1.165, 1.54) is 4.90 Å². The highest BCUT2D eigenvalue weighted by atomic mass is 16.2. The molecule has 1 aliphatic rings. The molecule has 0 radical (unpaired) electrons. The number of aromatic nitrogens is 1. The molecule has 5 nitrogen and oxygen atoms in total. The Bertz CT molecular complexity index is 424. The molecule has 1 aromatic heterocycles. The molecule has 1 aliphatic heterocycles. The van der Waals surface area contributed by atoms with Crippen LogP contribution >= 0.6 is 0 Å². The summed E-state index contributed by atoms with van der Waals surface area (Å²) in [6, 6.07) is 3.44. The summed E-state index contributed by atoms with van der Waals surface area (Å²) in [5, 5.41) is 0. The largest absolute Gasteiger partial charge is 0.326 e. The van der Waals surface area contributed by atoms with Crippen LogP contribution in [0.4, 0.5) is 5.82 Å². The third-order valence-electron chi connectivity index (χ3n) is 2.82. The van der Waals surface area contributed by atoms with Crippen molar-refractivity contribution >= 4 is 17.6 Å². The van der Waals surface area contributed by atoms with Crippen LogP contribution in [0.15, 0.2) is 18.3 Å². The van der Waals surface area contributed by atoms with Crippen molar-refractivity contribution in [2.75, 3.05) is 4.90 Å². The van der Waals surface area contributed by atoms with Crippen LogP contribution in [0.3, 0.4) is 0 Å². The minimum Gasteiger partial charge on any atom is -0.326 e. The zero-order valence-electron chi connectivity index (χ0n) is 9.72. The van der Waals surface area contributed by atoms with Crippen molar-refractivity contribution in [1.29, 1.82) is 0 Å². The van der Waals surface area contributed by atoms with Gasteiger partial charge < -0.3 is 5.73 Å². The van der Waals surface area contributed by atoms with E-state index >= 15 is 0 Å². The van der Waals surface area contributed by atoms with Crippen LogP contribution in [0.25, 0.3) is 0 Å². The van der Waals surface area contributed by atoms with Gasteiger partial charge in [0.25, 0.3) is 0 Å². The second-order valence-electron chi connectivity index (χ2n) is 4.37. The first-order valence-corrected chi connectivity index (χ1v) is 5.62. The zero-order chi connectivity index (χ0) is 12.4. The average molecular weight is 233 g/mol. The minimum atomic E-state index is -0.179. The van der Waals surface area contributed by atoms with Crippen molar-refractivity contribution in [3.05, 3.63) is 23.9 Å². The summed E-state index contributed by atoms with van der Waals surface area (Å²) in [5.74, 6) is 0.155. The highest BCUT2D eigenvalue weighted by molar-refractivity contribution is 6.15. The summed E-state index contributed by atoms with van der Waals surface area (Å²) < 4.78 is 0. The van der Waals surface area contributed by atoms with Crippen LogP contribution < -0.4 is 10.6 Å². The Hall–Kier alpha value is -1.75. The lowest BCUT2D eigenvalue weighted by atomic mass is 9.98. The molecule has 5 heteroatoms. The fourth-order valence-electron chi connectivity index (χ4n) is 1.92. The van der Waals surface area contributed by atoms with Crippen molar-refractivity contribution in [3.8, 4) is 0 Å². The fraction of sp³-hybridized carbons (Fsp3) is 0.417. The number of carbonyl (C=O) groups excluding carboxylic acids is 2. The Morgan fingerprint density at radius 2 is 2.00 bits per heavy atom. The van der Waals surface area contributed by atoms with Crippen molar-refractivity contribution in [3.63, 3.8) is 0 Å². The van der Waals surface area contributed by atoms with Crippen LogP contribution in [0.1, 0.15) is 25.3 Å². The van der Waals surface area contributed by atoms with Crippen LogP contribution in [-0.4, -0.2) is 16.8 Å². The number of imide groups is 1. The normalized spacial score (nSPS) is 17.6. The van der Waals surface area contributed by atoms with E-state index in [-0.39, 0.29) is 17.7 Å². The lowest BCUT2D eigenvalue weighted by Crippen LogP contribution is -2.43. The summed E-state index contributed by atoms with van der Waals surface area (Å²) in [4.78, 5) is 28.9. The quantitative estimate of drug-likeness (QED) is 0.767. The van der Waals surface area contributed by atoms with Gasteiger partial charge >= 0.3 is 0 Å². The number of carbonyl (C=O) groups is 2. The number of nitrogens with two attached hydrogens (primary N) is 1. The van der Waals surface area contributed by atoms with Crippen LogP contribution in [0, 0.1) is 5.92 Å². The molecule has 1 saturated heterocycles. The van der Waals surface area contributed by atoms with E-state index in [0.29, 0.717) is 25.2 Å². The Morgan fingerprint density at radius 1 is 1.35 bits per heavy atom. The van der Waals surface area contributed by atoms with Crippen molar-refractivity contribution in [1.82, 2.24) is 4.98 Å². The standard InChI is InChI=1S/C12H15N3O2/c1-8-4-11(16)15(12(17)5-8)10-3-2-9(6-13)7-14-10/h2-3,7-8H,4-6,13H2,1H3. The lowest BCUT2D eigenvalue weighted by Gasteiger charge is -2.27. The number of pyridine rings is 1. The van der Waals surface area contributed by atoms with E-state index in [9.17, 15) is 9.59 Å². The Balaban J connectivity index is 2.25. The summed E-state index contributed by atoms with van der Waals surface area (Å²) in [5.41, 5.74) is 6.34. The highest BCUT2D eigenvalue weighted by Crippen LogP contribution is 2.23. The Morgan fingerprint density at radius 3 is 2.47 bits per heavy atom. The molecule has 0 aromatic carbocycles. The van der Waals surface area contributed by atoms with Gasteiger partial charge in [0.1, 0.15) is 5.82 Å². The van der Waals surface area contributed by atoms with Gasteiger partial charge in [-0.1, -0.05) is 13.0 Å². The molecule has 0 atom stereocenters. The van der Waals surface area contributed by atoms with E-state index in [4.69, 9.17) is 5.73 Å². The van der Waals surface area contributed by atoms with Gasteiger partial charge in [-0.15, -0.1) is 0 Å². The van der Waals surface area contributed by atoms with Crippen LogP contribution in [0.5, 0.6) is 0 Å². The summed E-state index contributed by atoms with van der Waals surface area (Å²) in [7, 11) is 0. The molecule has 2 heterocycles. The molecule has 1 fully saturated rings. The van der Waals surface area contributed by atoms with Gasteiger partial charge in [-0.3, -0.25) is 9.59 Å². The van der Waals surface area contributed by atoms with Gasteiger partial charge in [0, 0.05) is 25.6 Å². The molecular weight excluding hydrogens is 218 g/mol. The van der Waals surface area contributed by atoms with Crippen molar-refractivity contribution in [2.24, 2.45) is 11.7 Å². The molecule has 2 amide bonds. The lowest BCUT2D eigenvalue weighted by molar-refractivity contribution is -0.130. The number of amides is 2. The molecule has 0 unspecified atom stereocenters. The van der Waals surface area contributed by atoms with Gasteiger partial charge in [-0.05, 0) is 17.5 Å². The smallest absolute Gasteiger partial charge is 0.235 e. The second kappa shape index (κ2) is 4.63. The van der Waals surface area contributed by atoms with Crippen LogP contribution in [0.2, 0.25) is 0 Å². The number of anilines is 1. The minimum absolute atomic E-state index is 0.120. The molecule has 90 valence electrons.